The van der Waals surface area contributed by atoms with E-state index in [2.05, 4.69) is 9.72 Å². The van der Waals surface area contributed by atoms with E-state index < -0.39 is 41.6 Å². The van der Waals surface area contributed by atoms with Gasteiger partial charge >= 0.3 is 12.4 Å². The number of nitrogens with two attached hydrogens (primary N) is 1. The van der Waals surface area contributed by atoms with Gasteiger partial charge in [0.15, 0.2) is 5.69 Å². The molecule has 0 saturated heterocycles. The number of halogens is 6. The van der Waals surface area contributed by atoms with Gasteiger partial charge in [0.25, 0.3) is 0 Å². The average Bonchev–Trinajstić information content (AvgIpc) is 2.24. The van der Waals surface area contributed by atoms with E-state index in [4.69, 9.17) is 5.73 Å². The van der Waals surface area contributed by atoms with Gasteiger partial charge in [-0.3, -0.25) is 0 Å². The summed E-state index contributed by atoms with van der Waals surface area (Å²) >= 11 is 0. The summed E-state index contributed by atoms with van der Waals surface area (Å²) in [5.41, 5.74) is 1.11. The summed E-state index contributed by atoms with van der Waals surface area (Å²) in [5, 5.41) is 0. The normalized spacial score (nSPS) is 12.7. The number of methoxy groups -OCH3 is 1. The van der Waals surface area contributed by atoms with Crippen LogP contribution in [0.1, 0.15) is 17.0 Å². The highest BCUT2D eigenvalue weighted by molar-refractivity contribution is 5.40. The molecule has 1 aromatic rings. The van der Waals surface area contributed by atoms with E-state index in [0.29, 0.717) is 6.07 Å². The molecule has 0 atom stereocenters. The second kappa shape index (κ2) is 4.63. The van der Waals surface area contributed by atoms with Crippen LogP contribution in [-0.2, 0) is 18.9 Å². The molecular weight excluding hydrogens is 266 g/mol. The second-order valence-corrected chi connectivity index (χ2v) is 3.24. The number of ether oxygens (including phenoxy) is 1. The molecule has 0 amide bonds. The third kappa shape index (κ3) is 2.84. The third-order valence-electron chi connectivity index (χ3n) is 2.07. The van der Waals surface area contributed by atoms with Crippen molar-refractivity contribution in [3.05, 3.63) is 23.0 Å². The quantitative estimate of drug-likeness (QED) is 0.843. The molecule has 102 valence electrons. The van der Waals surface area contributed by atoms with Crippen molar-refractivity contribution in [2.24, 2.45) is 5.73 Å². The van der Waals surface area contributed by atoms with Crippen LogP contribution >= 0.6 is 0 Å². The largest absolute Gasteiger partial charge is 0.496 e. The minimum Gasteiger partial charge on any atom is -0.496 e. The maximum absolute atomic E-state index is 12.6. The van der Waals surface area contributed by atoms with Gasteiger partial charge in [-0.15, -0.1) is 0 Å². The van der Waals surface area contributed by atoms with Crippen molar-refractivity contribution in [1.29, 1.82) is 0 Å². The van der Waals surface area contributed by atoms with Crippen LogP contribution in [-0.4, -0.2) is 12.1 Å². The van der Waals surface area contributed by atoms with Crippen molar-refractivity contribution in [1.82, 2.24) is 4.98 Å². The Labute approximate surface area is 97.6 Å². The fraction of sp³-hybridized carbons (Fsp3) is 0.444. The van der Waals surface area contributed by atoms with Gasteiger partial charge in [-0.25, -0.2) is 4.98 Å². The van der Waals surface area contributed by atoms with Crippen LogP contribution in [0.25, 0.3) is 0 Å². The van der Waals surface area contributed by atoms with Crippen LogP contribution in [0.2, 0.25) is 0 Å². The zero-order chi connectivity index (χ0) is 14.1. The van der Waals surface area contributed by atoms with Crippen molar-refractivity contribution < 1.29 is 31.1 Å². The lowest BCUT2D eigenvalue weighted by molar-refractivity contribution is -0.150. The standard InChI is InChI=1S/C9H8F6N2O/c1-18-5-2-6(8(10,11)12)17-7(4(5)3-16)9(13,14)15/h2H,3,16H2,1H3. The molecule has 1 heterocycles. The Kier molecular flexibility index (Phi) is 3.75. The Hall–Kier alpha value is -1.51. The monoisotopic (exact) mass is 274 g/mol. The Morgan fingerprint density at radius 2 is 1.72 bits per heavy atom. The van der Waals surface area contributed by atoms with Gasteiger partial charge in [0.05, 0.1) is 7.11 Å². The number of nitrogens with zero attached hydrogens (tertiary/aromatic N) is 1. The summed E-state index contributed by atoms with van der Waals surface area (Å²) < 4.78 is 79.4. The summed E-state index contributed by atoms with van der Waals surface area (Å²) in [7, 11) is 0.953. The number of pyridine rings is 1. The van der Waals surface area contributed by atoms with Gasteiger partial charge in [0.1, 0.15) is 11.4 Å². The van der Waals surface area contributed by atoms with Gasteiger partial charge in [-0.05, 0) is 0 Å². The number of rotatable bonds is 2. The van der Waals surface area contributed by atoms with Gasteiger partial charge in [-0.2, -0.15) is 26.3 Å². The molecule has 1 rings (SSSR count). The van der Waals surface area contributed by atoms with Gasteiger partial charge < -0.3 is 10.5 Å². The van der Waals surface area contributed by atoms with Crippen LogP contribution in [0.15, 0.2) is 6.07 Å². The third-order valence-corrected chi connectivity index (χ3v) is 2.07. The summed E-state index contributed by atoms with van der Waals surface area (Å²) in [4.78, 5) is 2.58. The number of alkyl halides is 6. The molecule has 0 saturated carbocycles. The van der Waals surface area contributed by atoms with E-state index in [1.54, 1.807) is 0 Å². The molecule has 0 aliphatic carbocycles. The van der Waals surface area contributed by atoms with Crippen LogP contribution < -0.4 is 10.5 Å². The Bertz CT molecular complexity index is 440. The maximum Gasteiger partial charge on any atom is 0.433 e. The molecule has 0 fully saturated rings. The SMILES string of the molecule is COc1cc(C(F)(F)F)nc(C(F)(F)F)c1CN. The smallest absolute Gasteiger partial charge is 0.433 e. The first-order chi connectivity index (χ1) is 8.11. The molecule has 0 spiro atoms. The summed E-state index contributed by atoms with van der Waals surface area (Å²) in [6.07, 6.45) is -10.0. The van der Waals surface area contributed by atoms with Crippen molar-refractivity contribution in [2.75, 3.05) is 7.11 Å². The number of hydrogen-bond donors (Lipinski definition) is 1. The topological polar surface area (TPSA) is 48.1 Å². The summed E-state index contributed by atoms with van der Waals surface area (Å²) in [6.45, 7) is -0.636. The highest BCUT2D eigenvalue weighted by Gasteiger charge is 2.41. The molecule has 2 N–H and O–H groups in total. The fourth-order valence-electron chi connectivity index (χ4n) is 1.31. The average molecular weight is 274 g/mol. The highest BCUT2D eigenvalue weighted by Crippen LogP contribution is 2.38. The zero-order valence-corrected chi connectivity index (χ0v) is 8.99. The molecule has 3 nitrogen and oxygen atoms in total. The van der Waals surface area contributed by atoms with E-state index in [-0.39, 0.29) is 0 Å². The van der Waals surface area contributed by atoms with Crippen molar-refractivity contribution >= 4 is 0 Å². The molecule has 18 heavy (non-hydrogen) atoms. The molecule has 0 unspecified atom stereocenters. The van der Waals surface area contributed by atoms with E-state index in [0.717, 1.165) is 7.11 Å². The Morgan fingerprint density at radius 1 is 1.17 bits per heavy atom. The predicted octanol–water partition coefficient (Wildman–Crippen LogP) is 2.59. The molecule has 0 bridgehead atoms. The van der Waals surface area contributed by atoms with Crippen molar-refractivity contribution in [2.45, 2.75) is 18.9 Å². The molecule has 1 aromatic heterocycles. The Morgan fingerprint density at radius 3 is 2.06 bits per heavy atom. The van der Waals surface area contributed by atoms with Gasteiger partial charge in [0, 0.05) is 18.2 Å². The summed E-state index contributed by atoms with van der Waals surface area (Å²) in [5.74, 6) is -0.591. The van der Waals surface area contributed by atoms with E-state index in [9.17, 15) is 26.3 Å². The Balaban J connectivity index is 3.57. The number of aromatic nitrogens is 1. The first-order valence-corrected chi connectivity index (χ1v) is 4.53. The minimum absolute atomic E-state index is 0.386. The predicted molar refractivity (Wildman–Crippen MR) is 48.7 cm³/mol. The van der Waals surface area contributed by atoms with Gasteiger partial charge in [-0.1, -0.05) is 0 Å². The lowest BCUT2D eigenvalue weighted by Crippen LogP contribution is -2.20. The zero-order valence-electron chi connectivity index (χ0n) is 8.99. The molecule has 9 heteroatoms. The molecule has 0 radical (unpaired) electrons. The molecule has 0 aliphatic heterocycles. The van der Waals surface area contributed by atoms with Crippen LogP contribution in [0, 0.1) is 0 Å². The van der Waals surface area contributed by atoms with Crippen LogP contribution in [0.3, 0.4) is 0 Å². The van der Waals surface area contributed by atoms with Crippen molar-refractivity contribution in [3.8, 4) is 5.75 Å². The van der Waals surface area contributed by atoms with Crippen LogP contribution in [0.4, 0.5) is 26.3 Å². The molecular formula is C9H8F6N2O. The van der Waals surface area contributed by atoms with E-state index in [1.165, 1.54) is 0 Å². The summed E-state index contributed by atoms with van der Waals surface area (Å²) in [6, 6.07) is 0.386. The van der Waals surface area contributed by atoms with Crippen LogP contribution in [0.5, 0.6) is 5.75 Å². The first kappa shape index (κ1) is 14.6. The molecule has 0 aromatic carbocycles. The second-order valence-electron chi connectivity index (χ2n) is 3.24. The van der Waals surface area contributed by atoms with Crippen molar-refractivity contribution in [3.63, 3.8) is 0 Å². The number of hydrogen-bond acceptors (Lipinski definition) is 3. The minimum atomic E-state index is -5.04. The first-order valence-electron chi connectivity index (χ1n) is 4.53. The highest BCUT2D eigenvalue weighted by atomic mass is 19.4. The fourth-order valence-corrected chi connectivity index (χ4v) is 1.31. The lowest BCUT2D eigenvalue weighted by atomic mass is 10.1. The van der Waals surface area contributed by atoms with Gasteiger partial charge in [0.2, 0.25) is 0 Å². The van der Waals surface area contributed by atoms with E-state index >= 15 is 0 Å². The lowest BCUT2D eigenvalue weighted by Gasteiger charge is -2.17. The maximum atomic E-state index is 12.6. The van der Waals surface area contributed by atoms with E-state index in [1.807, 2.05) is 0 Å². The molecule has 0 aliphatic rings.